The monoisotopic (exact) mass is 238 g/mol. The van der Waals surface area contributed by atoms with Gasteiger partial charge in [-0.2, -0.15) is 0 Å². The van der Waals surface area contributed by atoms with Crippen LogP contribution < -0.4 is 0 Å². The molecule has 1 unspecified atom stereocenters. The highest BCUT2D eigenvalue weighted by Gasteiger charge is 2.14. The van der Waals surface area contributed by atoms with Gasteiger partial charge in [0, 0.05) is 22.9 Å². The molecule has 16 heavy (non-hydrogen) atoms. The van der Waals surface area contributed by atoms with Crippen LogP contribution in [0.2, 0.25) is 0 Å². The molecule has 5 heteroatoms. The molecule has 0 saturated carbocycles. The smallest absolute Gasteiger partial charge is 0.170 e. The number of aromatic amines is 1. The summed E-state index contributed by atoms with van der Waals surface area (Å²) >= 11 is 1.30. The third-order valence-electron chi connectivity index (χ3n) is 2.11. The maximum absolute atomic E-state index is 13.5. The number of aliphatic hydroxyl groups is 1. The summed E-state index contributed by atoms with van der Waals surface area (Å²) in [6.45, 7) is 1.55. The van der Waals surface area contributed by atoms with Gasteiger partial charge in [0.15, 0.2) is 5.16 Å². The second-order valence-electron chi connectivity index (χ2n) is 3.32. The quantitative estimate of drug-likeness (QED) is 0.864. The summed E-state index contributed by atoms with van der Waals surface area (Å²) in [7, 11) is 0. The molecule has 0 aliphatic heterocycles. The van der Waals surface area contributed by atoms with E-state index >= 15 is 0 Å². The van der Waals surface area contributed by atoms with Crippen LogP contribution in [-0.4, -0.2) is 15.1 Å². The lowest BCUT2D eigenvalue weighted by Gasteiger charge is -2.11. The van der Waals surface area contributed by atoms with E-state index in [1.807, 2.05) is 0 Å². The van der Waals surface area contributed by atoms with Crippen molar-refractivity contribution >= 4 is 11.8 Å². The summed E-state index contributed by atoms with van der Waals surface area (Å²) in [5.41, 5.74) is 0.309. The Kier molecular flexibility index (Phi) is 3.26. The summed E-state index contributed by atoms with van der Waals surface area (Å²) < 4.78 is 13.5. The zero-order chi connectivity index (χ0) is 11.5. The normalized spacial score (nSPS) is 12.7. The Morgan fingerprint density at radius 3 is 2.94 bits per heavy atom. The van der Waals surface area contributed by atoms with E-state index in [0.717, 1.165) is 0 Å². The Bertz CT molecular complexity index is 471. The van der Waals surface area contributed by atoms with E-state index in [1.54, 1.807) is 31.5 Å². The first-order valence-electron chi connectivity index (χ1n) is 4.82. The number of hydrogen-bond acceptors (Lipinski definition) is 3. The molecule has 1 atom stereocenters. The summed E-state index contributed by atoms with van der Waals surface area (Å²) in [4.78, 5) is 7.64. The fourth-order valence-electron chi connectivity index (χ4n) is 1.42. The third kappa shape index (κ3) is 2.25. The van der Waals surface area contributed by atoms with E-state index in [4.69, 9.17) is 0 Å². The van der Waals surface area contributed by atoms with Crippen LogP contribution in [-0.2, 0) is 0 Å². The third-order valence-corrected chi connectivity index (χ3v) is 3.10. The summed E-state index contributed by atoms with van der Waals surface area (Å²) in [6, 6.07) is 4.72. The molecule has 0 bridgehead atoms. The van der Waals surface area contributed by atoms with Crippen LogP contribution in [0.25, 0.3) is 0 Å². The van der Waals surface area contributed by atoms with E-state index in [-0.39, 0.29) is 0 Å². The highest BCUT2D eigenvalue weighted by atomic mass is 32.2. The average molecular weight is 238 g/mol. The van der Waals surface area contributed by atoms with E-state index in [1.165, 1.54) is 17.8 Å². The first-order chi connectivity index (χ1) is 7.68. The van der Waals surface area contributed by atoms with Crippen LogP contribution in [0.5, 0.6) is 0 Å². The second kappa shape index (κ2) is 4.67. The SMILES string of the molecule is CC(O)c1c(F)cccc1Sc1ncc[nH]1. The van der Waals surface area contributed by atoms with Crippen LogP contribution in [0.3, 0.4) is 0 Å². The number of aromatic nitrogens is 2. The van der Waals surface area contributed by atoms with Crippen molar-refractivity contribution in [2.24, 2.45) is 0 Å². The minimum absolute atomic E-state index is 0.309. The van der Waals surface area contributed by atoms with Crippen molar-refractivity contribution in [1.29, 1.82) is 0 Å². The van der Waals surface area contributed by atoms with Crippen molar-refractivity contribution in [3.8, 4) is 0 Å². The van der Waals surface area contributed by atoms with Gasteiger partial charge >= 0.3 is 0 Å². The van der Waals surface area contributed by atoms with Crippen molar-refractivity contribution in [2.75, 3.05) is 0 Å². The van der Waals surface area contributed by atoms with E-state index in [9.17, 15) is 9.50 Å². The van der Waals surface area contributed by atoms with Gasteiger partial charge in [0.05, 0.1) is 6.10 Å². The fraction of sp³-hybridized carbons (Fsp3) is 0.182. The lowest BCUT2D eigenvalue weighted by molar-refractivity contribution is 0.191. The average Bonchev–Trinajstić information content (AvgIpc) is 2.70. The zero-order valence-corrected chi connectivity index (χ0v) is 9.46. The summed E-state index contributed by atoms with van der Waals surface area (Å²) in [5, 5.41) is 10.2. The van der Waals surface area contributed by atoms with Crippen LogP contribution in [0.15, 0.2) is 40.6 Å². The van der Waals surface area contributed by atoms with Crippen LogP contribution in [0.1, 0.15) is 18.6 Å². The van der Waals surface area contributed by atoms with Crippen LogP contribution >= 0.6 is 11.8 Å². The number of nitrogens with one attached hydrogen (secondary N) is 1. The Morgan fingerprint density at radius 1 is 1.50 bits per heavy atom. The standard InChI is InChI=1S/C11H11FN2OS/c1-7(15)10-8(12)3-2-4-9(10)16-11-13-5-6-14-11/h2-7,15H,1H3,(H,13,14). The number of imidazole rings is 1. The number of rotatable bonds is 3. The molecule has 2 aromatic rings. The van der Waals surface area contributed by atoms with Crippen LogP contribution in [0, 0.1) is 5.82 Å². The highest BCUT2D eigenvalue weighted by molar-refractivity contribution is 7.99. The molecule has 0 saturated heterocycles. The lowest BCUT2D eigenvalue weighted by Crippen LogP contribution is -1.98. The van der Waals surface area contributed by atoms with E-state index in [2.05, 4.69) is 9.97 Å². The molecule has 1 aromatic carbocycles. The van der Waals surface area contributed by atoms with Crippen molar-refractivity contribution in [3.63, 3.8) is 0 Å². The van der Waals surface area contributed by atoms with E-state index < -0.39 is 11.9 Å². The predicted molar refractivity (Wildman–Crippen MR) is 59.7 cm³/mol. The first-order valence-corrected chi connectivity index (χ1v) is 5.64. The van der Waals surface area contributed by atoms with Gasteiger partial charge in [-0.3, -0.25) is 0 Å². The maximum Gasteiger partial charge on any atom is 0.170 e. The summed E-state index contributed by atoms with van der Waals surface area (Å²) in [5.74, 6) is -0.397. The van der Waals surface area contributed by atoms with Crippen molar-refractivity contribution in [2.45, 2.75) is 23.1 Å². The molecule has 1 heterocycles. The van der Waals surface area contributed by atoms with Gasteiger partial charge in [-0.15, -0.1) is 0 Å². The molecule has 0 aliphatic rings. The summed E-state index contributed by atoms with van der Waals surface area (Å²) in [6.07, 6.45) is 2.49. The second-order valence-corrected chi connectivity index (χ2v) is 4.35. The molecular formula is C11H11FN2OS. The molecule has 0 amide bonds. The number of aliphatic hydroxyl groups excluding tert-OH is 1. The van der Waals surface area contributed by atoms with Crippen molar-refractivity contribution in [3.05, 3.63) is 42.0 Å². The number of H-pyrrole nitrogens is 1. The van der Waals surface area contributed by atoms with Gasteiger partial charge in [0.2, 0.25) is 0 Å². The van der Waals surface area contributed by atoms with Gasteiger partial charge in [-0.05, 0) is 19.1 Å². The number of halogens is 1. The van der Waals surface area contributed by atoms with Crippen molar-refractivity contribution in [1.82, 2.24) is 9.97 Å². The molecule has 0 radical (unpaired) electrons. The predicted octanol–water partition coefficient (Wildman–Crippen LogP) is 2.75. The van der Waals surface area contributed by atoms with Gasteiger partial charge in [-0.25, -0.2) is 9.37 Å². The largest absolute Gasteiger partial charge is 0.389 e. The van der Waals surface area contributed by atoms with Gasteiger partial charge in [0.1, 0.15) is 5.82 Å². The molecule has 2 N–H and O–H groups in total. The van der Waals surface area contributed by atoms with E-state index in [0.29, 0.717) is 15.6 Å². The Hall–Kier alpha value is -1.33. The highest BCUT2D eigenvalue weighted by Crippen LogP contribution is 2.32. The molecule has 84 valence electrons. The molecule has 2 rings (SSSR count). The Morgan fingerprint density at radius 2 is 2.31 bits per heavy atom. The fourth-order valence-corrected chi connectivity index (χ4v) is 2.40. The molecular weight excluding hydrogens is 227 g/mol. The van der Waals surface area contributed by atoms with Gasteiger partial charge < -0.3 is 10.1 Å². The van der Waals surface area contributed by atoms with Gasteiger partial charge in [-0.1, -0.05) is 17.8 Å². The first kappa shape index (κ1) is 11.2. The Balaban J connectivity index is 2.37. The zero-order valence-electron chi connectivity index (χ0n) is 8.64. The Labute approximate surface area is 96.7 Å². The van der Waals surface area contributed by atoms with Crippen LogP contribution in [0.4, 0.5) is 4.39 Å². The topological polar surface area (TPSA) is 48.9 Å². The number of hydrogen-bond donors (Lipinski definition) is 2. The molecule has 3 nitrogen and oxygen atoms in total. The lowest BCUT2D eigenvalue weighted by atomic mass is 10.1. The molecule has 0 aliphatic carbocycles. The molecule has 0 fully saturated rings. The van der Waals surface area contributed by atoms with Gasteiger partial charge in [0.25, 0.3) is 0 Å². The molecule has 0 spiro atoms. The number of benzene rings is 1. The minimum Gasteiger partial charge on any atom is -0.389 e. The maximum atomic E-state index is 13.5. The van der Waals surface area contributed by atoms with Crippen molar-refractivity contribution < 1.29 is 9.50 Å². The molecule has 1 aromatic heterocycles. The minimum atomic E-state index is -0.835. The number of nitrogens with zero attached hydrogens (tertiary/aromatic N) is 1.